The third-order valence-corrected chi connectivity index (χ3v) is 2.90. The molecule has 0 unspecified atom stereocenters. The highest BCUT2D eigenvalue weighted by atomic mass is 19.1. The molecular weight excluding hydrogens is 244 g/mol. The third-order valence-electron chi connectivity index (χ3n) is 2.90. The van der Waals surface area contributed by atoms with Gasteiger partial charge in [0.1, 0.15) is 11.6 Å². The van der Waals surface area contributed by atoms with Gasteiger partial charge in [0.25, 0.3) is 0 Å². The molecule has 100 valence electrons. The Balaban J connectivity index is 2.30. The largest absolute Gasteiger partial charge is 0.310 e. The summed E-state index contributed by atoms with van der Waals surface area (Å²) in [6, 6.07) is 11.5. The molecule has 0 aromatic heterocycles. The molecule has 3 heteroatoms. The Bertz CT molecular complexity index is 564. The van der Waals surface area contributed by atoms with Gasteiger partial charge in [-0.3, -0.25) is 0 Å². The van der Waals surface area contributed by atoms with E-state index in [0.717, 1.165) is 11.1 Å². The van der Waals surface area contributed by atoms with Gasteiger partial charge in [0.15, 0.2) is 0 Å². The van der Waals surface area contributed by atoms with Gasteiger partial charge in [-0.25, -0.2) is 8.78 Å². The maximum absolute atomic E-state index is 13.7. The molecule has 0 bridgehead atoms. The zero-order valence-electron chi connectivity index (χ0n) is 11.1. The minimum Gasteiger partial charge on any atom is -0.310 e. The van der Waals surface area contributed by atoms with Crippen LogP contribution in [-0.2, 0) is 6.54 Å². The van der Waals surface area contributed by atoms with Crippen molar-refractivity contribution in [3.8, 4) is 11.1 Å². The first-order chi connectivity index (χ1) is 9.06. The van der Waals surface area contributed by atoms with Crippen LogP contribution >= 0.6 is 0 Å². The zero-order chi connectivity index (χ0) is 13.8. The first kappa shape index (κ1) is 13.7. The molecule has 0 aliphatic heterocycles. The monoisotopic (exact) mass is 261 g/mol. The summed E-state index contributed by atoms with van der Waals surface area (Å²) < 4.78 is 26.9. The van der Waals surface area contributed by atoms with Crippen LogP contribution in [0.15, 0.2) is 42.5 Å². The molecule has 0 spiro atoms. The predicted octanol–water partition coefficient (Wildman–Crippen LogP) is 4.13. The number of nitrogens with one attached hydrogen (secondary N) is 1. The van der Waals surface area contributed by atoms with E-state index < -0.39 is 0 Å². The lowest BCUT2D eigenvalue weighted by atomic mass is 10.0. The molecular formula is C16H17F2N. The van der Waals surface area contributed by atoms with Crippen molar-refractivity contribution in [3.63, 3.8) is 0 Å². The summed E-state index contributed by atoms with van der Waals surface area (Å²) >= 11 is 0. The average molecular weight is 261 g/mol. The number of halogens is 2. The van der Waals surface area contributed by atoms with Gasteiger partial charge >= 0.3 is 0 Å². The molecule has 2 aromatic rings. The SMILES string of the molecule is CC(C)NCc1cc(-c2cccc(F)c2)ccc1F. The molecule has 0 heterocycles. The highest BCUT2D eigenvalue weighted by molar-refractivity contribution is 5.64. The van der Waals surface area contributed by atoms with Crippen molar-refractivity contribution < 1.29 is 8.78 Å². The zero-order valence-corrected chi connectivity index (χ0v) is 11.1. The lowest BCUT2D eigenvalue weighted by molar-refractivity contribution is 0.553. The molecule has 1 nitrogen and oxygen atoms in total. The van der Waals surface area contributed by atoms with Crippen LogP contribution in [0, 0.1) is 11.6 Å². The smallest absolute Gasteiger partial charge is 0.127 e. The van der Waals surface area contributed by atoms with Crippen LogP contribution in [0.3, 0.4) is 0 Å². The van der Waals surface area contributed by atoms with Crippen molar-refractivity contribution in [3.05, 3.63) is 59.7 Å². The fourth-order valence-corrected chi connectivity index (χ4v) is 1.87. The van der Waals surface area contributed by atoms with Gasteiger partial charge in [-0.2, -0.15) is 0 Å². The molecule has 2 aromatic carbocycles. The lowest BCUT2D eigenvalue weighted by Gasteiger charge is -2.11. The van der Waals surface area contributed by atoms with E-state index in [1.54, 1.807) is 18.2 Å². The quantitative estimate of drug-likeness (QED) is 0.872. The molecule has 0 amide bonds. The Hall–Kier alpha value is -1.74. The van der Waals surface area contributed by atoms with E-state index in [9.17, 15) is 8.78 Å². The van der Waals surface area contributed by atoms with Crippen LogP contribution in [0.25, 0.3) is 11.1 Å². The summed E-state index contributed by atoms with van der Waals surface area (Å²) in [5.74, 6) is -0.531. The Morgan fingerprint density at radius 3 is 2.42 bits per heavy atom. The summed E-state index contributed by atoms with van der Waals surface area (Å²) in [5.41, 5.74) is 2.17. The Morgan fingerprint density at radius 2 is 1.74 bits per heavy atom. The summed E-state index contributed by atoms with van der Waals surface area (Å²) in [6.07, 6.45) is 0. The molecule has 19 heavy (non-hydrogen) atoms. The topological polar surface area (TPSA) is 12.0 Å². The van der Waals surface area contributed by atoms with E-state index in [1.807, 2.05) is 19.9 Å². The summed E-state index contributed by atoms with van der Waals surface area (Å²) in [7, 11) is 0. The normalized spacial score (nSPS) is 11.0. The molecule has 0 saturated heterocycles. The molecule has 0 atom stereocenters. The first-order valence-electron chi connectivity index (χ1n) is 6.34. The second-order valence-corrected chi connectivity index (χ2v) is 4.85. The number of benzene rings is 2. The summed E-state index contributed by atoms with van der Waals surface area (Å²) in [6.45, 7) is 4.48. The molecule has 0 aliphatic carbocycles. The van der Waals surface area contributed by atoms with E-state index in [1.165, 1.54) is 18.2 Å². The van der Waals surface area contributed by atoms with Gasteiger partial charge in [-0.1, -0.05) is 32.0 Å². The lowest BCUT2D eigenvalue weighted by Crippen LogP contribution is -2.22. The van der Waals surface area contributed by atoms with Crippen molar-refractivity contribution in [1.82, 2.24) is 5.32 Å². The highest BCUT2D eigenvalue weighted by Crippen LogP contribution is 2.22. The third kappa shape index (κ3) is 3.61. The maximum atomic E-state index is 13.7. The molecule has 0 saturated carbocycles. The van der Waals surface area contributed by atoms with Crippen LogP contribution in [0.4, 0.5) is 8.78 Å². The van der Waals surface area contributed by atoms with Crippen LogP contribution < -0.4 is 5.32 Å². The number of rotatable bonds is 4. The molecule has 2 rings (SSSR count). The second-order valence-electron chi connectivity index (χ2n) is 4.85. The van der Waals surface area contributed by atoms with E-state index in [2.05, 4.69) is 5.32 Å². The molecule has 1 N–H and O–H groups in total. The molecule has 0 aliphatic rings. The highest BCUT2D eigenvalue weighted by Gasteiger charge is 2.06. The van der Waals surface area contributed by atoms with Gasteiger partial charge in [0.05, 0.1) is 0 Å². The molecule has 0 radical (unpaired) electrons. The van der Waals surface area contributed by atoms with Crippen LogP contribution in [0.2, 0.25) is 0 Å². The van der Waals surface area contributed by atoms with Crippen LogP contribution in [-0.4, -0.2) is 6.04 Å². The Morgan fingerprint density at radius 1 is 1.00 bits per heavy atom. The minimum absolute atomic E-state index is 0.242. The Kier molecular flexibility index (Phi) is 4.27. The summed E-state index contributed by atoms with van der Waals surface area (Å²) in [4.78, 5) is 0. The minimum atomic E-state index is -0.288. The van der Waals surface area contributed by atoms with E-state index in [4.69, 9.17) is 0 Å². The standard InChI is InChI=1S/C16H17F2N/c1-11(2)19-10-14-8-13(6-7-16(14)18)12-4-3-5-15(17)9-12/h3-9,11,19H,10H2,1-2H3. The number of hydrogen-bond donors (Lipinski definition) is 1. The Labute approximate surface area is 112 Å². The van der Waals surface area contributed by atoms with Crippen molar-refractivity contribution in [2.24, 2.45) is 0 Å². The van der Waals surface area contributed by atoms with Gasteiger partial charge in [0, 0.05) is 18.2 Å². The fraction of sp³-hybridized carbons (Fsp3) is 0.250. The van der Waals surface area contributed by atoms with Gasteiger partial charge in [-0.05, 0) is 35.4 Å². The van der Waals surface area contributed by atoms with Gasteiger partial charge in [-0.15, -0.1) is 0 Å². The van der Waals surface area contributed by atoms with Gasteiger partial charge < -0.3 is 5.32 Å². The van der Waals surface area contributed by atoms with Crippen molar-refractivity contribution >= 4 is 0 Å². The van der Waals surface area contributed by atoms with E-state index in [0.29, 0.717) is 12.1 Å². The van der Waals surface area contributed by atoms with Crippen molar-refractivity contribution in [1.29, 1.82) is 0 Å². The van der Waals surface area contributed by atoms with Crippen LogP contribution in [0.5, 0.6) is 0 Å². The van der Waals surface area contributed by atoms with Crippen molar-refractivity contribution in [2.45, 2.75) is 26.4 Å². The maximum Gasteiger partial charge on any atom is 0.127 e. The van der Waals surface area contributed by atoms with Crippen LogP contribution in [0.1, 0.15) is 19.4 Å². The van der Waals surface area contributed by atoms with E-state index in [-0.39, 0.29) is 17.7 Å². The van der Waals surface area contributed by atoms with Gasteiger partial charge in [0.2, 0.25) is 0 Å². The average Bonchev–Trinajstić information content (AvgIpc) is 2.37. The van der Waals surface area contributed by atoms with Crippen molar-refractivity contribution in [2.75, 3.05) is 0 Å². The second kappa shape index (κ2) is 5.93. The van der Waals surface area contributed by atoms with E-state index >= 15 is 0 Å². The first-order valence-corrected chi connectivity index (χ1v) is 6.34. The summed E-state index contributed by atoms with van der Waals surface area (Å²) in [5, 5.41) is 3.18. The fourth-order valence-electron chi connectivity index (χ4n) is 1.87. The predicted molar refractivity (Wildman–Crippen MR) is 73.8 cm³/mol. The molecule has 0 fully saturated rings. The number of hydrogen-bond acceptors (Lipinski definition) is 1.